The lowest BCUT2D eigenvalue weighted by Gasteiger charge is -2.17. The van der Waals surface area contributed by atoms with Gasteiger partial charge < -0.3 is 14.6 Å². The second kappa shape index (κ2) is 3.83. The van der Waals surface area contributed by atoms with Crippen molar-refractivity contribution in [1.82, 2.24) is 0 Å². The molecule has 0 aliphatic heterocycles. The highest BCUT2D eigenvalue weighted by atomic mass is 19.3. The van der Waals surface area contributed by atoms with Crippen LogP contribution in [0.4, 0.5) is 8.78 Å². The molecule has 2 rings (SSSR count). The third-order valence-corrected chi connectivity index (χ3v) is 3.21. The van der Waals surface area contributed by atoms with Crippen molar-refractivity contribution in [3.63, 3.8) is 0 Å². The largest absolute Gasteiger partial charge is 0.493 e. The van der Waals surface area contributed by atoms with E-state index in [1.54, 1.807) is 0 Å². The molecule has 6 heteroatoms. The standard InChI is InChI=1S/C12H12F2O4/c1-17-8-5-3-4-7(9(8)18-2)11(10(15)16)6-12(11,13)14/h3-5H,6H2,1-2H3,(H,15,16). The van der Waals surface area contributed by atoms with E-state index < -0.39 is 23.7 Å². The molecule has 0 bridgehead atoms. The maximum Gasteiger partial charge on any atom is 0.320 e. The minimum atomic E-state index is -3.27. The molecule has 1 N–H and O–H groups in total. The summed E-state index contributed by atoms with van der Waals surface area (Å²) in [6, 6.07) is 4.32. The van der Waals surface area contributed by atoms with E-state index in [2.05, 4.69) is 0 Å². The number of rotatable bonds is 4. The van der Waals surface area contributed by atoms with Crippen LogP contribution in [0.5, 0.6) is 11.5 Å². The number of carboxylic acids is 1. The second-order valence-corrected chi connectivity index (χ2v) is 4.13. The second-order valence-electron chi connectivity index (χ2n) is 4.13. The highest BCUT2D eigenvalue weighted by Crippen LogP contribution is 2.64. The summed E-state index contributed by atoms with van der Waals surface area (Å²) in [7, 11) is 2.65. The van der Waals surface area contributed by atoms with E-state index in [0.717, 1.165) is 0 Å². The Bertz CT molecular complexity index is 501. The van der Waals surface area contributed by atoms with E-state index in [9.17, 15) is 13.6 Å². The SMILES string of the molecule is COc1cccc(C2(C(=O)O)CC2(F)F)c1OC. The Kier molecular flexibility index (Phi) is 2.68. The summed E-state index contributed by atoms with van der Waals surface area (Å²) in [5.74, 6) is -4.55. The van der Waals surface area contributed by atoms with Crippen LogP contribution in [-0.4, -0.2) is 31.2 Å². The van der Waals surface area contributed by atoms with Crippen LogP contribution >= 0.6 is 0 Å². The highest BCUT2D eigenvalue weighted by molar-refractivity contribution is 5.89. The molecule has 0 radical (unpaired) electrons. The molecule has 1 saturated carbocycles. The molecule has 1 aliphatic carbocycles. The molecule has 0 amide bonds. The average molecular weight is 258 g/mol. The molecule has 1 aliphatic rings. The molecular formula is C12H12F2O4. The van der Waals surface area contributed by atoms with Crippen molar-refractivity contribution in [1.29, 1.82) is 0 Å². The normalized spacial score (nSPS) is 24.4. The van der Waals surface area contributed by atoms with Crippen molar-refractivity contribution < 1.29 is 28.2 Å². The number of aliphatic carboxylic acids is 1. The molecule has 18 heavy (non-hydrogen) atoms. The first-order valence-corrected chi connectivity index (χ1v) is 5.23. The van der Waals surface area contributed by atoms with Crippen molar-refractivity contribution in [3.8, 4) is 11.5 Å². The van der Waals surface area contributed by atoms with Crippen LogP contribution in [-0.2, 0) is 10.2 Å². The number of methoxy groups -OCH3 is 2. The van der Waals surface area contributed by atoms with Crippen molar-refractivity contribution >= 4 is 5.97 Å². The van der Waals surface area contributed by atoms with Crippen LogP contribution < -0.4 is 9.47 Å². The van der Waals surface area contributed by atoms with E-state index in [-0.39, 0.29) is 17.1 Å². The zero-order chi connectivity index (χ0) is 13.6. The molecule has 1 aromatic rings. The van der Waals surface area contributed by atoms with Gasteiger partial charge in [0, 0.05) is 12.0 Å². The van der Waals surface area contributed by atoms with Gasteiger partial charge in [0.25, 0.3) is 5.92 Å². The molecule has 0 saturated heterocycles. The van der Waals surface area contributed by atoms with Gasteiger partial charge in [-0.2, -0.15) is 0 Å². The van der Waals surface area contributed by atoms with Crippen LogP contribution in [0.25, 0.3) is 0 Å². The maximum atomic E-state index is 13.5. The number of carboxylic acid groups (broad SMARTS) is 1. The van der Waals surface area contributed by atoms with E-state index in [0.29, 0.717) is 0 Å². The smallest absolute Gasteiger partial charge is 0.320 e. The fourth-order valence-corrected chi connectivity index (χ4v) is 2.15. The number of ether oxygens (including phenoxy) is 2. The molecule has 0 aromatic heterocycles. The van der Waals surface area contributed by atoms with Gasteiger partial charge in [-0.1, -0.05) is 12.1 Å². The van der Waals surface area contributed by atoms with Gasteiger partial charge in [-0.25, -0.2) is 8.78 Å². The van der Waals surface area contributed by atoms with Gasteiger partial charge in [0.05, 0.1) is 14.2 Å². The van der Waals surface area contributed by atoms with E-state index >= 15 is 0 Å². The van der Waals surface area contributed by atoms with Gasteiger partial charge >= 0.3 is 5.97 Å². The molecule has 1 atom stereocenters. The fraction of sp³-hybridized carbons (Fsp3) is 0.417. The topological polar surface area (TPSA) is 55.8 Å². The molecule has 1 aromatic carbocycles. The number of carbonyl (C=O) groups is 1. The minimum Gasteiger partial charge on any atom is -0.493 e. The fourth-order valence-electron chi connectivity index (χ4n) is 2.15. The molecule has 0 heterocycles. The molecule has 98 valence electrons. The summed E-state index contributed by atoms with van der Waals surface area (Å²) in [4.78, 5) is 11.2. The van der Waals surface area contributed by atoms with Crippen molar-refractivity contribution in [2.24, 2.45) is 0 Å². The quantitative estimate of drug-likeness (QED) is 0.898. The van der Waals surface area contributed by atoms with Crippen molar-refractivity contribution in [2.75, 3.05) is 14.2 Å². The first-order chi connectivity index (χ1) is 8.40. The van der Waals surface area contributed by atoms with Gasteiger partial charge in [0.2, 0.25) is 0 Å². The zero-order valence-electron chi connectivity index (χ0n) is 9.87. The van der Waals surface area contributed by atoms with Crippen LogP contribution in [0.3, 0.4) is 0 Å². The summed E-state index contributed by atoms with van der Waals surface area (Å²) in [6.45, 7) is 0. The van der Waals surface area contributed by atoms with Crippen LogP contribution in [0.2, 0.25) is 0 Å². The van der Waals surface area contributed by atoms with Crippen LogP contribution in [0, 0.1) is 0 Å². The Morgan fingerprint density at radius 2 is 1.94 bits per heavy atom. The van der Waals surface area contributed by atoms with Gasteiger partial charge in [0.1, 0.15) is 0 Å². The lowest BCUT2D eigenvalue weighted by molar-refractivity contribution is -0.143. The maximum absolute atomic E-state index is 13.5. The number of halogens is 2. The predicted octanol–water partition coefficient (Wildman–Crippen LogP) is 2.07. The molecular weight excluding hydrogens is 246 g/mol. The summed E-state index contributed by atoms with van der Waals surface area (Å²) in [5, 5.41) is 9.10. The van der Waals surface area contributed by atoms with E-state index in [4.69, 9.17) is 14.6 Å². The summed E-state index contributed by atoms with van der Waals surface area (Å²) in [6.07, 6.45) is -0.723. The Morgan fingerprint density at radius 3 is 2.33 bits per heavy atom. The summed E-state index contributed by atoms with van der Waals surface area (Å²) >= 11 is 0. The number of benzene rings is 1. The monoisotopic (exact) mass is 258 g/mol. The third kappa shape index (κ3) is 1.45. The van der Waals surface area contributed by atoms with Crippen molar-refractivity contribution in [2.45, 2.75) is 17.8 Å². The van der Waals surface area contributed by atoms with E-state index in [1.807, 2.05) is 0 Å². The average Bonchev–Trinajstić information content (AvgIpc) is 2.92. The molecule has 1 fully saturated rings. The zero-order valence-corrected chi connectivity index (χ0v) is 9.87. The number of alkyl halides is 2. The first-order valence-electron chi connectivity index (χ1n) is 5.23. The van der Waals surface area contributed by atoms with Crippen LogP contribution in [0.1, 0.15) is 12.0 Å². The van der Waals surface area contributed by atoms with E-state index in [1.165, 1.54) is 32.4 Å². The number of hydrogen-bond acceptors (Lipinski definition) is 3. The van der Waals surface area contributed by atoms with Gasteiger partial charge in [-0.15, -0.1) is 0 Å². The Hall–Kier alpha value is -1.85. The first kappa shape index (κ1) is 12.6. The van der Waals surface area contributed by atoms with Gasteiger partial charge in [-0.05, 0) is 6.07 Å². The lowest BCUT2D eigenvalue weighted by atomic mass is 9.94. The third-order valence-electron chi connectivity index (χ3n) is 3.21. The van der Waals surface area contributed by atoms with Crippen molar-refractivity contribution in [3.05, 3.63) is 23.8 Å². The molecule has 1 unspecified atom stereocenters. The van der Waals surface area contributed by atoms with Gasteiger partial charge in [-0.3, -0.25) is 4.79 Å². The summed E-state index contributed by atoms with van der Waals surface area (Å²) < 4.78 is 36.9. The Labute approximate surface area is 102 Å². The minimum absolute atomic E-state index is 0.0413. The summed E-state index contributed by atoms with van der Waals surface area (Å²) in [5.41, 5.74) is -2.26. The number of hydrogen-bond donors (Lipinski definition) is 1. The molecule has 4 nitrogen and oxygen atoms in total. The Balaban J connectivity index is 2.61. The Morgan fingerprint density at radius 1 is 1.33 bits per heavy atom. The molecule has 0 spiro atoms. The van der Waals surface area contributed by atoms with Gasteiger partial charge in [0.15, 0.2) is 16.9 Å². The predicted molar refractivity (Wildman–Crippen MR) is 58.4 cm³/mol. The lowest BCUT2D eigenvalue weighted by Crippen LogP contribution is -2.27. The van der Waals surface area contributed by atoms with Crippen LogP contribution in [0.15, 0.2) is 18.2 Å². The number of para-hydroxylation sites is 1. The highest BCUT2D eigenvalue weighted by Gasteiger charge is 2.78.